The van der Waals surface area contributed by atoms with Gasteiger partial charge in [-0.1, -0.05) is 24.3 Å². The summed E-state index contributed by atoms with van der Waals surface area (Å²) in [5.74, 6) is -6.38. The fourth-order valence-corrected chi connectivity index (χ4v) is 3.26. The zero-order valence-electron chi connectivity index (χ0n) is 18.0. The van der Waals surface area contributed by atoms with Crippen LogP contribution in [0.3, 0.4) is 0 Å². The van der Waals surface area contributed by atoms with E-state index >= 15 is 0 Å². The van der Waals surface area contributed by atoms with Crippen LogP contribution in [0.1, 0.15) is 28.4 Å². The Labute approximate surface area is 192 Å². The third-order valence-electron chi connectivity index (χ3n) is 5.02. The van der Waals surface area contributed by atoms with Gasteiger partial charge in [-0.15, -0.1) is 0 Å². The molecule has 34 heavy (non-hydrogen) atoms. The highest BCUT2D eigenvalue weighted by Gasteiger charge is 2.45. The molecule has 0 radical (unpaired) electrons. The standard InChI is InChI=1S/C23H21F3N2O6/c1-13(28-20(30)15-7-8-16-12-27-10-9-14(16)11-15)18(29)19(33-17-5-3-2-4-6-17)21(31)34-22(32)23(24,25)26/h2-8,11,13,19,27H,9-10,12H2,1H3,(H,28,30). The highest BCUT2D eigenvalue weighted by atomic mass is 19.4. The first-order chi connectivity index (χ1) is 16.1. The van der Waals surface area contributed by atoms with E-state index < -0.39 is 42.0 Å². The molecule has 8 nitrogen and oxygen atoms in total. The lowest BCUT2D eigenvalue weighted by Crippen LogP contribution is -2.49. The molecule has 1 heterocycles. The molecule has 2 aromatic rings. The molecular weight excluding hydrogens is 457 g/mol. The Morgan fingerprint density at radius 2 is 1.74 bits per heavy atom. The normalized spacial score (nSPS) is 14.8. The first-order valence-electron chi connectivity index (χ1n) is 10.3. The summed E-state index contributed by atoms with van der Waals surface area (Å²) < 4.78 is 46.6. The number of esters is 2. The lowest BCUT2D eigenvalue weighted by atomic mass is 9.98. The second kappa shape index (κ2) is 10.5. The van der Waals surface area contributed by atoms with E-state index in [2.05, 4.69) is 15.4 Å². The Morgan fingerprint density at radius 3 is 2.41 bits per heavy atom. The number of hydrogen-bond acceptors (Lipinski definition) is 7. The van der Waals surface area contributed by atoms with E-state index in [0.717, 1.165) is 24.1 Å². The molecule has 2 N–H and O–H groups in total. The van der Waals surface area contributed by atoms with E-state index in [-0.39, 0.29) is 11.3 Å². The smallest absolute Gasteiger partial charge is 0.471 e. The van der Waals surface area contributed by atoms with Crippen molar-refractivity contribution in [2.24, 2.45) is 0 Å². The largest absolute Gasteiger partial charge is 0.491 e. The summed E-state index contributed by atoms with van der Waals surface area (Å²) in [6, 6.07) is 11.0. The predicted octanol–water partition coefficient (Wildman–Crippen LogP) is 2.10. The van der Waals surface area contributed by atoms with Gasteiger partial charge in [-0.05, 0) is 55.3 Å². The molecule has 0 aliphatic carbocycles. The number of benzene rings is 2. The maximum absolute atomic E-state index is 12.9. The van der Waals surface area contributed by atoms with Crippen LogP contribution in [-0.2, 0) is 32.1 Å². The molecule has 3 rings (SSSR count). The van der Waals surface area contributed by atoms with Gasteiger partial charge in [0.25, 0.3) is 12.0 Å². The molecule has 1 aliphatic heterocycles. The van der Waals surface area contributed by atoms with E-state index in [9.17, 15) is 32.3 Å². The maximum atomic E-state index is 12.9. The van der Waals surface area contributed by atoms with Gasteiger partial charge >= 0.3 is 18.1 Å². The number of nitrogens with one attached hydrogen (secondary N) is 2. The number of rotatable bonds is 7. The SMILES string of the molecule is CC(NC(=O)c1ccc2c(c1)CCNC2)C(=O)C(Oc1ccccc1)C(=O)OC(=O)C(F)(F)F. The van der Waals surface area contributed by atoms with Crippen LogP contribution in [0.15, 0.2) is 48.5 Å². The minimum Gasteiger partial charge on any atom is -0.471 e. The van der Waals surface area contributed by atoms with Crippen LogP contribution in [0.2, 0.25) is 0 Å². The minimum atomic E-state index is -5.45. The Morgan fingerprint density at radius 1 is 1.03 bits per heavy atom. The molecule has 2 aromatic carbocycles. The van der Waals surface area contributed by atoms with Crippen LogP contribution < -0.4 is 15.4 Å². The third-order valence-corrected chi connectivity index (χ3v) is 5.02. The summed E-state index contributed by atoms with van der Waals surface area (Å²) in [5.41, 5.74) is 2.29. The van der Waals surface area contributed by atoms with E-state index in [1.807, 2.05) is 0 Å². The number of hydrogen-bond donors (Lipinski definition) is 2. The Hall–Kier alpha value is -3.73. The molecule has 180 valence electrons. The third kappa shape index (κ3) is 6.19. The summed E-state index contributed by atoms with van der Waals surface area (Å²) in [6.45, 7) is 2.66. The van der Waals surface area contributed by atoms with Gasteiger partial charge in [0, 0.05) is 12.1 Å². The molecule has 2 unspecified atom stereocenters. The number of Topliss-reactive ketones (excluding diaryl/α,β-unsaturated/α-hetero) is 1. The lowest BCUT2D eigenvalue weighted by molar-refractivity contribution is -0.203. The van der Waals surface area contributed by atoms with Crippen LogP contribution in [-0.4, -0.2) is 48.5 Å². The molecule has 1 aliphatic rings. The number of alkyl halides is 3. The van der Waals surface area contributed by atoms with Crippen molar-refractivity contribution < 1.29 is 41.8 Å². The van der Waals surface area contributed by atoms with Gasteiger partial charge in [0.1, 0.15) is 5.75 Å². The second-order valence-electron chi connectivity index (χ2n) is 7.53. The van der Waals surface area contributed by atoms with Crippen molar-refractivity contribution in [1.29, 1.82) is 0 Å². The first kappa shape index (κ1) is 24.9. The molecule has 0 bridgehead atoms. The highest BCUT2D eigenvalue weighted by Crippen LogP contribution is 2.19. The van der Waals surface area contributed by atoms with Crippen molar-refractivity contribution in [3.8, 4) is 5.75 Å². The summed E-state index contributed by atoms with van der Waals surface area (Å²) in [6.07, 6.45) is -6.95. The van der Waals surface area contributed by atoms with Crippen molar-refractivity contribution >= 4 is 23.6 Å². The summed E-state index contributed by atoms with van der Waals surface area (Å²) >= 11 is 0. The molecule has 0 aromatic heterocycles. The van der Waals surface area contributed by atoms with Crippen molar-refractivity contribution in [2.75, 3.05) is 6.54 Å². The quantitative estimate of drug-likeness (QED) is 0.463. The molecule has 11 heteroatoms. The van der Waals surface area contributed by atoms with Gasteiger partial charge in [-0.2, -0.15) is 13.2 Å². The van der Waals surface area contributed by atoms with E-state index in [0.29, 0.717) is 6.54 Å². The van der Waals surface area contributed by atoms with Crippen LogP contribution >= 0.6 is 0 Å². The van der Waals surface area contributed by atoms with Gasteiger partial charge in [0.15, 0.2) is 0 Å². The first-order valence-corrected chi connectivity index (χ1v) is 10.3. The Kier molecular flexibility index (Phi) is 7.67. The van der Waals surface area contributed by atoms with Crippen LogP contribution in [0.4, 0.5) is 13.2 Å². The van der Waals surface area contributed by atoms with Gasteiger partial charge in [0.05, 0.1) is 6.04 Å². The number of para-hydroxylation sites is 1. The molecular formula is C23H21F3N2O6. The van der Waals surface area contributed by atoms with Crippen molar-refractivity contribution in [3.63, 3.8) is 0 Å². The Bertz CT molecular complexity index is 1090. The molecule has 0 spiro atoms. The summed E-state index contributed by atoms with van der Waals surface area (Å²) in [7, 11) is 0. The maximum Gasteiger partial charge on any atom is 0.491 e. The molecule has 0 fully saturated rings. The number of amides is 1. The second-order valence-corrected chi connectivity index (χ2v) is 7.53. The number of ketones is 1. The van der Waals surface area contributed by atoms with Crippen LogP contribution in [0.25, 0.3) is 0 Å². The molecule has 1 amide bonds. The summed E-state index contributed by atoms with van der Waals surface area (Å²) in [5, 5.41) is 5.61. The fourth-order valence-electron chi connectivity index (χ4n) is 3.26. The average Bonchev–Trinajstić information content (AvgIpc) is 2.81. The van der Waals surface area contributed by atoms with E-state index in [1.54, 1.807) is 24.3 Å². The van der Waals surface area contributed by atoms with Crippen LogP contribution in [0.5, 0.6) is 5.75 Å². The van der Waals surface area contributed by atoms with Crippen LogP contribution in [0, 0.1) is 0 Å². The van der Waals surface area contributed by atoms with Crippen molar-refractivity contribution in [1.82, 2.24) is 10.6 Å². The number of halogens is 3. The predicted molar refractivity (Wildman–Crippen MR) is 112 cm³/mol. The monoisotopic (exact) mass is 478 g/mol. The molecule has 0 saturated heterocycles. The Balaban J connectivity index is 1.75. The molecule has 2 atom stereocenters. The number of carbonyl (C=O) groups is 4. The number of fused-ring (bicyclic) bond motifs is 1. The van der Waals surface area contributed by atoms with Crippen molar-refractivity contribution in [2.45, 2.75) is 38.2 Å². The fraction of sp³-hybridized carbons (Fsp3) is 0.304. The zero-order chi connectivity index (χ0) is 24.9. The summed E-state index contributed by atoms with van der Waals surface area (Å²) in [4.78, 5) is 48.9. The number of carbonyl (C=O) groups excluding carboxylic acids is 4. The van der Waals surface area contributed by atoms with E-state index in [4.69, 9.17) is 4.74 Å². The van der Waals surface area contributed by atoms with Gasteiger partial charge < -0.3 is 20.1 Å². The minimum absolute atomic E-state index is 0.0286. The zero-order valence-corrected chi connectivity index (χ0v) is 18.0. The van der Waals surface area contributed by atoms with Gasteiger partial charge in [-0.25, -0.2) is 9.59 Å². The van der Waals surface area contributed by atoms with E-state index in [1.165, 1.54) is 31.2 Å². The van der Waals surface area contributed by atoms with Gasteiger partial charge in [-0.3, -0.25) is 9.59 Å². The highest BCUT2D eigenvalue weighted by molar-refractivity contribution is 6.09. The van der Waals surface area contributed by atoms with Crippen molar-refractivity contribution in [3.05, 3.63) is 65.2 Å². The lowest BCUT2D eigenvalue weighted by Gasteiger charge is -2.21. The van der Waals surface area contributed by atoms with Gasteiger partial charge in [0.2, 0.25) is 5.78 Å². The molecule has 0 saturated carbocycles. The average molecular weight is 478 g/mol. The number of ether oxygens (including phenoxy) is 2. The topological polar surface area (TPSA) is 111 Å².